The number of likely N-dealkylation sites (tertiary alicyclic amines) is 1. The van der Waals surface area contributed by atoms with Crippen LogP contribution in [0.5, 0.6) is 5.75 Å². The molecule has 0 aromatic heterocycles. The third-order valence-corrected chi connectivity index (χ3v) is 8.74. The molecule has 32 heavy (non-hydrogen) atoms. The van der Waals surface area contributed by atoms with Gasteiger partial charge >= 0.3 is 0 Å². The van der Waals surface area contributed by atoms with Gasteiger partial charge in [0.05, 0.1) is 16.5 Å². The number of fused-ring (bicyclic) bond motifs is 1. The van der Waals surface area contributed by atoms with E-state index in [-0.39, 0.29) is 29.2 Å². The SMILES string of the molecule is CCC1Oc2cc(S(=O)(=O)N3CCCC(C(=O)N4CCCCCC4)C3)c(C)cc2NC1=O. The summed E-state index contributed by atoms with van der Waals surface area (Å²) in [6.07, 6.45) is 5.57. The van der Waals surface area contributed by atoms with Crippen molar-refractivity contribution < 1.29 is 22.7 Å². The topological polar surface area (TPSA) is 96.0 Å². The Balaban J connectivity index is 1.55. The molecule has 0 aliphatic carbocycles. The molecule has 2 atom stereocenters. The lowest BCUT2D eigenvalue weighted by molar-refractivity contribution is -0.136. The standard InChI is InChI=1S/C23H33N3O5S/c1-3-19-22(27)24-18-13-16(2)21(14-20(18)31-19)32(29,30)26-12-8-9-17(15-26)23(28)25-10-6-4-5-7-11-25/h13-14,17,19H,3-12,15H2,1-2H3,(H,24,27). The molecule has 0 spiro atoms. The highest BCUT2D eigenvalue weighted by molar-refractivity contribution is 7.89. The van der Waals surface area contributed by atoms with Gasteiger partial charge in [-0.05, 0) is 50.7 Å². The minimum atomic E-state index is -3.80. The number of hydrogen-bond acceptors (Lipinski definition) is 5. The molecule has 2 amide bonds. The number of aryl methyl sites for hydroxylation is 1. The fourth-order valence-corrected chi connectivity index (χ4v) is 6.63. The van der Waals surface area contributed by atoms with E-state index in [0.717, 1.165) is 45.2 Å². The van der Waals surface area contributed by atoms with Gasteiger partial charge in [0, 0.05) is 32.2 Å². The molecule has 4 rings (SSSR count). The second-order valence-electron chi connectivity index (χ2n) is 9.06. The Morgan fingerprint density at radius 1 is 1.12 bits per heavy atom. The van der Waals surface area contributed by atoms with Crippen LogP contribution in [-0.2, 0) is 19.6 Å². The van der Waals surface area contributed by atoms with Gasteiger partial charge in [-0.25, -0.2) is 8.42 Å². The molecule has 2 saturated heterocycles. The molecule has 3 aliphatic heterocycles. The summed E-state index contributed by atoms with van der Waals surface area (Å²) in [6, 6.07) is 3.16. The first kappa shape index (κ1) is 23.0. The normalized spacial score (nSPS) is 24.8. The third kappa shape index (κ3) is 4.50. The Hall–Kier alpha value is -2.13. The van der Waals surface area contributed by atoms with Crippen LogP contribution < -0.4 is 10.1 Å². The number of carbonyl (C=O) groups is 2. The number of carbonyl (C=O) groups excluding carboxylic acids is 2. The molecule has 1 aromatic carbocycles. The molecule has 8 nitrogen and oxygen atoms in total. The Labute approximate surface area is 190 Å². The van der Waals surface area contributed by atoms with Gasteiger partial charge in [-0.2, -0.15) is 4.31 Å². The van der Waals surface area contributed by atoms with E-state index in [2.05, 4.69) is 5.32 Å². The molecule has 2 fully saturated rings. The van der Waals surface area contributed by atoms with E-state index in [1.807, 2.05) is 11.8 Å². The van der Waals surface area contributed by atoms with Gasteiger partial charge in [0.15, 0.2) is 6.10 Å². The van der Waals surface area contributed by atoms with E-state index in [4.69, 9.17) is 4.74 Å². The van der Waals surface area contributed by atoms with E-state index in [0.29, 0.717) is 36.4 Å². The van der Waals surface area contributed by atoms with Gasteiger partial charge in [-0.1, -0.05) is 19.8 Å². The number of amides is 2. The van der Waals surface area contributed by atoms with Crippen LogP contribution in [-0.4, -0.2) is 61.7 Å². The van der Waals surface area contributed by atoms with Crippen molar-refractivity contribution in [3.8, 4) is 5.75 Å². The van der Waals surface area contributed by atoms with Crippen molar-refractivity contribution in [2.24, 2.45) is 5.92 Å². The van der Waals surface area contributed by atoms with Crippen LogP contribution in [0.25, 0.3) is 0 Å². The zero-order valence-corrected chi connectivity index (χ0v) is 19.7. The van der Waals surface area contributed by atoms with Gasteiger partial charge in [0.2, 0.25) is 15.9 Å². The zero-order chi connectivity index (χ0) is 22.9. The third-order valence-electron chi connectivity index (χ3n) is 6.74. The summed E-state index contributed by atoms with van der Waals surface area (Å²) in [4.78, 5) is 27.3. The van der Waals surface area contributed by atoms with Crippen molar-refractivity contribution in [3.63, 3.8) is 0 Å². The van der Waals surface area contributed by atoms with Crippen LogP contribution in [0.3, 0.4) is 0 Å². The van der Waals surface area contributed by atoms with Crippen LogP contribution in [0.4, 0.5) is 5.69 Å². The van der Waals surface area contributed by atoms with Crippen LogP contribution >= 0.6 is 0 Å². The van der Waals surface area contributed by atoms with Crippen molar-refractivity contribution in [1.29, 1.82) is 0 Å². The molecule has 0 bridgehead atoms. The first-order chi connectivity index (χ1) is 15.3. The van der Waals surface area contributed by atoms with Gasteiger partial charge in [-0.3, -0.25) is 9.59 Å². The summed E-state index contributed by atoms with van der Waals surface area (Å²) in [7, 11) is -3.80. The van der Waals surface area contributed by atoms with Gasteiger partial charge in [0.1, 0.15) is 5.75 Å². The number of anilines is 1. The lowest BCUT2D eigenvalue weighted by Crippen LogP contribution is -2.47. The summed E-state index contributed by atoms with van der Waals surface area (Å²) in [5.41, 5.74) is 1.03. The molecule has 1 N–H and O–H groups in total. The molecule has 1 aromatic rings. The van der Waals surface area contributed by atoms with E-state index in [1.165, 1.54) is 10.4 Å². The second kappa shape index (κ2) is 9.39. The summed E-state index contributed by atoms with van der Waals surface area (Å²) >= 11 is 0. The van der Waals surface area contributed by atoms with Crippen LogP contribution in [0.15, 0.2) is 17.0 Å². The lowest BCUT2D eigenvalue weighted by atomic mass is 9.98. The maximum absolute atomic E-state index is 13.6. The summed E-state index contributed by atoms with van der Waals surface area (Å²) < 4.78 is 34.3. The number of sulfonamides is 1. The Morgan fingerprint density at radius 2 is 1.84 bits per heavy atom. The number of rotatable bonds is 4. The van der Waals surface area contributed by atoms with Crippen LogP contribution in [0.1, 0.15) is 57.4 Å². The average Bonchev–Trinajstić information content (AvgIpc) is 3.07. The van der Waals surface area contributed by atoms with Crippen LogP contribution in [0.2, 0.25) is 0 Å². The Bertz CT molecular complexity index is 986. The molecular weight excluding hydrogens is 430 g/mol. The second-order valence-corrected chi connectivity index (χ2v) is 11.0. The smallest absolute Gasteiger partial charge is 0.265 e. The number of ether oxygens (including phenoxy) is 1. The average molecular weight is 464 g/mol. The summed E-state index contributed by atoms with van der Waals surface area (Å²) in [5.74, 6) is -0.0592. The van der Waals surface area contributed by atoms with Gasteiger partial charge in [-0.15, -0.1) is 0 Å². The fourth-order valence-electron chi connectivity index (χ4n) is 4.88. The monoisotopic (exact) mass is 463 g/mol. The van der Waals surface area contributed by atoms with Gasteiger partial charge in [0.25, 0.3) is 5.91 Å². The molecule has 0 saturated carbocycles. The van der Waals surface area contributed by atoms with E-state index < -0.39 is 16.1 Å². The van der Waals surface area contributed by atoms with Crippen molar-refractivity contribution in [1.82, 2.24) is 9.21 Å². The first-order valence-electron chi connectivity index (χ1n) is 11.7. The van der Waals surface area contributed by atoms with E-state index in [1.54, 1.807) is 13.0 Å². The molecule has 3 heterocycles. The highest BCUT2D eigenvalue weighted by Crippen LogP contribution is 2.36. The summed E-state index contributed by atoms with van der Waals surface area (Å²) in [5, 5.41) is 2.80. The number of benzene rings is 1. The number of hydrogen-bond donors (Lipinski definition) is 1. The minimum absolute atomic E-state index is 0.0887. The van der Waals surface area contributed by atoms with Crippen LogP contribution in [0, 0.1) is 12.8 Å². The Morgan fingerprint density at radius 3 is 2.53 bits per heavy atom. The largest absolute Gasteiger partial charge is 0.478 e. The van der Waals surface area contributed by atoms with E-state index in [9.17, 15) is 18.0 Å². The minimum Gasteiger partial charge on any atom is -0.478 e. The van der Waals surface area contributed by atoms with Crippen molar-refractivity contribution >= 4 is 27.5 Å². The molecule has 3 aliphatic rings. The van der Waals surface area contributed by atoms with Crippen molar-refractivity contribution in [3.05, 3.63) is 17.7 Å². The predicted molar refractivity (Wildman–Crippen MR) is 121 cm³/mol. The molecular formula is C23H33N3O5S. The maximum atomic E-state index is 13.6. The molecule has 2 unspecified atom stereocenters. The molecule has 9 heteroatoms. The lowest BCUT2D eigenvalue weighted by Gasteiger charge is -2.34. The molecule has 0 radical (unpaired) electrons. The highest BCUT2D eigenvalue weighted by atomic mass is 32.2. The van der Waals surface area contributed by atoms with E-state index >= 15 is 0 Å². The fraction of sp³-hybridized carbons (Fsp3) is 0.652. The summed E-state index contributed by atoms with van der Waals surface area (Å²) in [6.45, 7) is 5.72. The number of piperidine rings is 1. The predicted octanol–water partition coefficient (Wildman–Crippen LogP) is 2.91. The molecule has 176 valence electrons. The highest BCUT2D eigenvalue weighted by Gasteiger charge is 2.37. The first-order valence-corrected chi connectivity index (χ1v) is 13.2. The quantitative estimate of drug-likeness (QED) is 0.741. The number of nitrogens with one attached hydrogen (secondary N) is 1. The van der Waals surface area contributed by atoms with Gasteiger partial charge < -0.3 is 15.0 Å². The zero-order valence-electron chi connectivity index (χ0n) is 18.9. The number of nitrogens with zero attached hydrogens (tertiary/aromatic N) is 2. The Kier molecular flexibility index (Phi) is 6.76. The maximum Gasteiger partial charge on any atom is 0.265 e. The van der Waals surface area contributed by atoms with Crippen molar-refractivity contribution in [2.75, 3.05) is 31.5 Å². The van der Waals surface area contributed by atoms with Crippen molar-refractivity contribution in [2.45, 2.75) is 69.8 Å².